The highest BCUT2D eigenvalue weighted by molar-refractivity contribution is 7.89. The molecule has 1 heterocycles. The minimum atomic E-state index is -4.35. The molecular weight excluding hydrogens is 479 g/mol. The van der Waals surface area contributed by atoms with Gasteiger partial charge in [0.05, 0.1) is 4.90 Å². The number of hydrogen-bond acceptors (Lipinski definition) is 4. The molecule has 1 saturated carbocycles. The van der Waals surface area contributed by atoms with Crippen molar-refractivity contribution < 1.29 is 26.4 Å². The molecule has 6 nitrogen and oxygen atoms in total. The fraction of sp³-hybridized carbons (Fsp3) is 0.440. The Bertz CT molecular complexity index is 1270. The fourth-order valence-electron chi connectivity index (χ4n) is 4.73. The smallest absolute Gasteiger partial charge is 0.280 e. The summed E-state index contributed by atoms with van der Waals surface area (Å²) in [6.45, 7) is 3.40. The molecule has 4 rings (SSSR count). The van der Waals surface area contributed by atoms with Crippen LogP contribution in [0.5, 0.6) is 0 Å². The van der Waals surface area contributed by atoms with Crippen LogP contribution in [0.25, 0.3) is 11.1 Å². The number of hydrogen-bond donors (Lipinski definition) is 0. The third-order valence-corrected chi connectivity index (χ3v) is 8.46. The predicted octanol–water partition coefficient (Wildman–Crippen LogP) is 4.98. The molecule has 0 radical (unpaired) electrons. The Morgan fingerprint density at radius 3 is 2.40 bits per heavy atom. The molecule has 1 amide bonds. The number of hydrazone groups is 1. The van der Waals surface area contributed by atoms with Gasteiger partial charge in [0, 0.05) is 49.2 Å². The van der Waals surface area contributed by atoms with Gasteiger partial charge < -0.3 is 4.90 Å². The molecule has 1 aliphatic heterocycles. The van der Waals surface area contributed by atoms with Crippen molar-refractivity contribution in [2.45, 2.75) is 68.9 Å². The molecule has 0 aromatic heterocycles. The Hall–Kier alpha value is -2.88. The third-order valence-electron chi connectivity index (χ3n) is 6.71. The summed E-state index contributed by atoms with van der Waals surface area (Å²) in [6.07, 6.45) is -0.250. The van der Waals surface area contributed by atoms with Crippen LogP contribution in [0.3, 0.4) is 0 Å². The van der Waals surface area contributed by atoms with E-state index in [1.165, 1.54) is 36.2 Å². The molecule has 0 N–H and O–H groups in total. The van der Waals surface area contributed by atoms with Crippen LogP contribution < -0.4 is 0 Å². The highest BCUT2D eigenvalue weighted by atomic mass is 32.2. The quantitative estimate of drug-likeness (QED) is 0.574. The molecule has 0 saturated heterocycles. The van der Waals surface area contributed by atoms with Gasteiger partial charge in [-0.1, -0.05) is 29.8 Å². The summed E-state index contributed by atoms with van der Waals surface area (Å²) in [5.41, 5.74) is 1.49. The van der Waals surface area contributed by atoms with Crippen molar-refractivity contribution in [3.05, 3.63) is 53.8 Å². The Morgan fingerprint density at radius 2 is 1.74 bits per heavy atom. The van der Waals surface area contributed by atoms with Gasteiger partial charge >= 0.3 is 0 Å². The summed E-state index contributed by atoms with van der Waals surface area (Å²) < 4.78 is 70.3. The molecule has 2 aromatic rings. The largest absolute Gasteiger partial charge is 0.341 e. The second-order valence-corrected chi connectivity index (χ2v) is 11.1. The van der Waals surface area contributed by atoms with Crippen LogP contribution in [0.4, 0.5) is 13.2 Å². The molecule has 1 fully saturated rings. The summed E-state index contributed by atoms with van der Waals surface area (Å²) in [5, 5.41) is 4.17. The van der Waals surface area contributed by atoms with E-state index in [-0.39, 0.29) is 48.1 Å². The van der Waals surface area contributed by atoms with Gasteiger partial charge in [0.2, 0.25) is 11.8 Å². The highest BCUT2D eigenvalue weighted by Gasteiger charge is 2.44. The Labute approximate surface area is 203 Å². The summed E-state index contributed by atoms with van der Waals surface area (Å²) in [6, 6.07) is 8.93. The zero-order valence-corrected chi connectivity index (χ0v) is 20.7. The predicted molar refractivity (Wildman–Crippen MR) is 127 cm³/mol. The van der Waals surface area contributed by atoms with Crippen LogP contribution in [0.2, 0.25) is 0 Å². The van der Waals surface area contributed by atoms with Crippen molar-refractivity contribution in [1.82, 2.24) is 9.31 Å². The minimum Gasteiger partial charge on any atom is -0.341 e. The van der Waals surface area contributed by atoms with Gasteiger partial charge in [-0.15, -0.1) is 0 Å². The lowest BCUT2D eigenvalue weighted by molar-refractivity contribution is -0.138. The lowest BCUT2D eigenvalue weighted by atomic mass is 9.91. The number of likely N-dealkylation sites (N-methyl/N-ethyl adjacent to an activating group) is 1. The first kappa shape index (κ1) is 25.2. The molecule has 10 heteroatoms. The molecule has 2 aliphatic rings. The topological polar surface area (TPSA) is 70.0 Å². The van der Waals surface area contributed by atoms with Gasteiger partial charge in [0.15, 0.2) is 0 Å². The van der Waals surface area contributed by atoms with Gasteiger partial charge in [-0.25, -0.2) is 13.2 Å². The molecule has 1 atom stereocenters. The highest BCUT2D eigenvalue weighted by Crippen LogP contribution is 2.37. The first-order chi connectivity index (χ1) is 16.4. The summed E-state index contributed by atoms with van der Waals surface area (Å²) in [7, 11) is -2.83. The number of carbonyl (C=O) groups is 1. The SMILES string of the molecule is CC1=NN(S(=O)(=O)c2ccc(C)cc2-c2ccccc2F)C(C(=O)N(C)C2CCC(F)(F)CC2)C1. The van der Waals surface area contributed by atoms with E-state index in [1.807, 2.05) is 0 Å². The van der Waals surface area contributed by atoms with Crippen molar-refractivity contribution in [1.29, 1.82) is 0 Å². The number of halogens is 3. The first-order valence-corrected chi connectivity index (χ1v) is 12.9. The average molecular weight is 508 g/mol. The van der Waals surface area contributed by atoms with E-state index in [1.54, 1.807) is 32.0 Å². The van der Waals surface area contributed by atoms with Crippen molar-refractivity contribution in [3.63, 3.8) is 0 Å². The molecule has 0 bridgehead atoms. The zero-order chi connectivity index (χ0) is 25.5. The molecule has 2 aromatic carbocycles. The Kier molecular flexibility index (Phi) is 6.70. The number of sulfonamides is 1. The monoisotopic (exact) mass is 507 g/mol. The second-order valence-electron chi connectivity index (χ2n) is 9.35. The molecule has 35 heavy (non-hydrogen) atoms. The minimum absolute atomic E-state index is 0.0895. The van der Waals surface area contributed by atoms with E-state index >= 15 is 0 Å². The molecular formula is C25H28F3N3O3S. The molecule has 1 aliphatic carbocycles. The molecule has 0 spiro atoms. The summed E-state index contributed by atoms with van der Waals surface area (Å²) >= 11 is 0. The van der Waals surface area contributed by atoms with E-state index in [0.717, 1.165) is 9.98 Å². The number of nitrogens with zero attached hydrogens (tertiary/aromatic N) is 3. The van der Waals surface area contributed by atoms with Gasteiger partial charge in [0.25, 0.3) is 10.0 Å². The standard InChI is InChI=1S/C25H28F3N3O3S/c1-16-8-9-23(20(14-16)19-6-4-5-7-21(19)26)35(33,34)31-22(15-17(2)29-31)24(32)30(3)18-10-12-25(27,28)13-11-18/h4-9,14,18,22H,10-13,15H2,1-3H3. The van der Waals surface area contributed by atoms with Gasteiger partial charge in [-0.05, 0) is 44.9 Å². The van der Waals surface area contributed by atoms with Crippen LogP contribution in [0, 0.1) is 12.7 Å². The van der Waals surface area contributed by atoms with Crippen molar-refractivity contribution in [2.75, 3.05) is 7.05 Å². The van der Waals surface area contributed by atoms with Crippen LogP contribution >= 0.6 is 0 Å². The van der Waals surface area contributed by atoms with E-state index in [4.69, 9.17) is 0 Å². The van der Waals surface area contributed by atoms with E-state index in [2.05, 4.69) is 5.10 Å². The van der Waals surface area contributed by atoms with Crippen LogP contribution in [0.1, 0.15) is 44.6 Å². The van der Waals surface area contributed by atoms with E-state index < -0.39 is 39.8 Å². The van der Waals surface area contributed by atoms with Crippen molar-refractivity contribution >= 4 is 21.6 Å². The van der Waals surface area contributed by atoms with Crippen LogP contribution in [-0.4, -0.2) is 54.4 Å². The van der Waals surface area contributed by atoms with Gasteiger partial charge in [-0.2, -0.15) is 17.9 Å². The van der Waals surface area contributed by atoms with Gasteiger partial charge in [-0.3, -0.25) is 4.79 Å². The lowest BCUT2D eigenvalue weighted by Crippen LogP contribution is -2.50. The van der Waals surface area contributed by atoms with E-state index in [0.29, 0.717) is 5.71 Å². The number of carbonyl (C=O) groups excluding carboxylic acids is 1. The maximum Gasteiger partial charge on any atom is 0.280 e. The normalized spacial score (nSPS) is 20.6. The molecule has 188 valence electrons. The summed E-state index contributed by atoms with van der Waals surface area (Å²) in [4.78, 5) is 14.6. The fourth-order valence-corrected chi connectivity index (χ4v) is 6.36. The number of benzene rings is 2. The maximum atomic E-state index is 14.6. The zero-order valence-electron chi connectivity index (χ0n) is 19.8. The van der Waals surface area contributed by atoms with Gasteiger partial charge in [0.1, 0.15) is 11.9 Å². The number of aryl methyl sites for hydroxylation is 1. The number of alkyl halides is 2. The second kappa shape index (κ2) is 9.29. The van der Waals surface area contributed by atoms with Crippen LogP contribution in [0.15, 0.2) is 52.5 Å². The maximum absolute atomic E-state index is 14.6. The average Bonchev–Trinajstić information content (AvgIpc) is 3.21. The lowest BCUT2D eigenvalue weighted by Gasteiger charge is -2.36. The Morgan fingerprint density at radius 1 is 1.09 bits per heavy atom. The van der Waals surface area contributed by atoms with E-state index in [9.17, 15) is 26.4 Å². The molecule has 1 unspecified atom stereocenters. The van der Waals surface area contributed by atoms with Crippen molar-refractivity contribution in [2.24, 2.45) is 5.10 Å². The Balaban J connectivity index is 1.68. The van der Waals surface area contributed by atoms with Crippen molar-refractivity contribution in [3.8, 4) is 11.1 Å². The number of amides is 1. The summed E-state index contributed by atoms with van der Waals surface area (Å²) in [5.74, 6) is -3.81. The van der Waals surface area contributed by atoms with Crippen LogP contribution in [-0.2, 0) is 14.8 Å². The number of rotatable bonds is 5. The third kappa shape index (κ3) is 4.94. The first-order valence-electron chi connectivity index (χ1n) is 11.5.